The normalized spacial score (nSPS) is 14.2. The number of rotatable bonds is 8. The van der Waals surface area contributed by atoms with Gasteiger partial charge in [-0.05, 0) is 48.5 Å². The molecule has 8 nitrogen and oxygen atoms in total. The molecule has 0 unspecified atom stereocenters. The maximum atomic E-state index is 14.0. The third-order valence-corrected chi connectivity index (χ3v) is 5.69. The molecule has 2 heterocycles. The molecular weight excluding hydrogens is 513 g/mol. The molecule has 0 atom stereocenters. The number of ether oxygens (including phenoxy) is 3. The first-order valence-corrected chi connectivity index (χ1v) is 11.8. The van der Waals surface area contributed by atoms with Crippen molar-refractivity contribution in [2.24, 2.45) is 0 Å². The minimum atomic E-state index is -4.83. The Bertz CT molecular complexity index is 1190. The summed E-state index contributed by atoms with van der Waals surface area (Å²) in [6, 6.07) is 11.2. The average Bonchev–Trinajstić information content (AvgIpc) is 2.87. The number of urea groups is 1. The molecule has 2 N–H and O–H groups in total. The molecule has 1 aromatic heterocycles. The second-order valence-electron chi connectivity index (χ2n) is 7.99. The fourth-order valence-electron chi connectivity index (χ4n) is 3.62. The Morgan fingerprint density at radius 3 is 2.35 bits per heavy atom. The van der Waals surface area contributed by atoms with Crippen LogP contribution in [0.2, 0.25) is 5.02 Å². The van der Waals surface area contributed by atoms with E-state index in [1.807, 2.05) is 4.90 Å². The summed E-state index contributed by atoms with van der Waals surface area (Å²) in [4.78, 5) is 18.5. The van der Waals surface area contributed by atoms with E-state index in [0.717, 1.165) is 6.07 Å². The molecule has 12 heteroatoms. The summed E-state index contributed by atoms with van der Waals surface area (Å²) in [6.45, 7) is 2.86. The molecule has 1 aliphatic heterocycles. The van der Waals surface area contributed by atoms with Crippen LogP contribution in [0.3, 0.4) is 0 Å². The lowest BCUT2D eigenvalue weighted by atomic mass is 10.1. The molecule has 0 saturated carbocycles. The zero-order valence-corrected chi connectivity index (χ0v) is 20.3. The number of morpholine rings is 1. The van der Waals surface area contributed by atoms with E-state index in [0.29, 0.717) is 50.0 Å². The van der Waals surface area contributed by atoms with E-state index in [9.17, 15) is 18.0 Å². The van der Waals surface area contributed by atoms with Crippen LogP contribution >= 0.6 is 11.6 Å². The van der Waals surface area contributed by atoms with Crippen LogP contribution in [0.25, 0.3) is 0 Å². The Morgan fingerprint density at radius 2 is 1.68 bits per heavy atom. The van der Waals surface area contributed by atoms with Gasteiger partial charge in [0, 0.05) is 37.7 Å². The van der Waals surface area contributed by atoms with Crippen LogP contribution in [0.5, 0.6) is 17.2 Å². The lowest BCUT2D eigenvalue weighted by Gasteiger charge is -2.27. The Kier molecular flexibility index (Phi) is 8.70. The van der Waals surface area contributed by atoms with Crippen molar-refractivity contribution >= 4 is 29.0 Å². The molecule has 1 fully saturated rings. The molecule has 0 bridgehead atoms. The fourth-order valence-corrected chi connectivity index (χ4v) is 3.83. The van der Waals surface area contributed by atoms with Crippen molar-refractivity contribution < 1.29 is 32.2 Å². The zero-order chi connectivity index (χ0) is 26.3. The van der Waals surface area contributed by atoms with Gasteiger partial charge in [-0.2, -0.15) is 13.2 Å². The number of alkyl halides is 3. The lowest BCUT2D eigenvalue weighted by molar-refractivity contribution is -0.138. The largest absolute Gasteiger partial charge is 0.490 e. The van der Waals surface area contributed by atoms with Crippen LogP contribution in [0, 0.1) is 0 Å². The van der Waals surface area contributed by atoms with E-state index >= 15 is 0 Å². The van der Waals surface area contributed by atoms with E-state index in [1.54, 1.807) is 48.8 Å². The van der Waals surface area contributed by atoms with Gasteiger partial charge in [-0.3, -0.25) is 9.88 Å². The first-order chi connectivity index (χ1) is 17.8. The average molecular weight is 537 g/mol. The van der Waals surface area contributed by atoms with Gasteiger partial charge in [0.05, 0.1) is 23.9 Å². The number of nitrogens with zero attached hydrogens (tertiary/aromatic N) is 2. The van der Waals surface area contributed by atoms with Gasteiger partial charge in [0.2, 0.25) is 0 Å². The van der Waals surface area contributed by atoms with Gasteiger partial charge in [0.1, 0.15) is 23.7 Å². The van der Waals surface area contributed by atoms with Crippen LogP contribution < -0.4 is 20.1 Å². The van der Waals surface area contributed by atoms with Gasteiger partial charge in [-0.15, -0.1) is 0 Å². The smallest absolute Gasteiger partial charge is 0.422 e. The summed E-state index contributed by atoms with van der Waals surface area (Å²) >= 11 is 6.07. The topological polar surface area (TPSA) is 85.0 Å². The van der Waals surface area contributed by atoms with Crippen LogP contribution in [-0.4, -0.2) is 55.4 Å². The zero-order valence-electron chi connectivity index (χ0n) is 19.6. The summed E-state index contributed by atoms with van der Waals surface area (Å²) in [6.07, 6.45) is -1.65. The number of nitrogens with one attached hydrogen (secondary N) is 2. The van der Waals surface area contributed by atoms with Crippen LogP contribution in [0.1, 0.15) is 5.56 Å². The Hall–Kier alpha value is -3.54. The third-order valence-electron chi connectivity index (χ3n) is 5.40. The quantitative estimate of drug-likeness (QED) is 0.373. The van der Waals surface area contributed by atoms with Crippen molar-refractivity contribution in [3.63, 3.8) is 0 Å². The summed E-state index contributed by atoms with van der Waals surface area (Å²) in [7, 11) is 0. The number of halogens is 4. The Morgan fingerprint density at radius 1 is 1.00 bits per heavy atom. The first kappa shape index (κ1) is 26.5. The molecule has 37 heavy (non-hydrogen) atoms. The van der Waals surface area contributed by atoms with Gasteiger partial charge in [0.15, 0.2) is 5.75 Å². The number of benzene rings is 2. The van der Waals surface area contributed by atoms with Gasteiger partial charge >= 0.3 is 12.2 Å². The summed E-state index contributed by atoms with van der Waals surface area (Å²) in [5.74, 6) is 0.560. The number of carbonyl (C=O) groups excluding carboxylic acids is 1. The van der Waals surface area contributed by atoms with Crippen molar-refractivity contribution in [1.29, 1.82) is 0 Å². The highest BCUT2D eigenvalue weighted by molar-refractivity contribution is 6.32. The maximum absolute atomic E-state index is 14.0. The lowest BCUT2D eigenvalue weighted by Crippen LogP contribution is -2.38. The van der Waals surface area contributed by atoms with Crippen molar-refractivity contribution in [3.05, 3.63) is 71.5 Å². The van der Waals surface area contributed by atoms with Crippen molar-refractivity contribution in [2.75, 3.05) is 50.1 Å². The highest BCUT2D eigenvalue weighted by Crippen LogP contribution is 2.45. The molecule has 1 saturated heterocycles. The van der Waals surface area contributed by atoms with Crippen molar-refractivity contribution in [1.82, 2.24) is 9.88 Å². The number of amides is 2. The molecule has 0 aliphatic carbocycles. The molecule has 3 aromatic rings. The van der Waals surface area contributed by atoms with Crippen LogP contribution in [0.4, 0.5) is 29.3 Å². The second kappa shape index (κ2) is 12.1. The fraction of sp³-hybridized carbons (Fsp3) is 0.280. The summed E-state index contributed by atoms with van der Waals surface area (Å²) in [5.41, 5.74) is -1.28. The summed E-state index contributed by atoms with van der Waals surface area (Å²) in [5, 5.41) is 4.56. The molecule has 0 spiro atoms. The SMILES string of the molecule is O=C(Nc1ccc(Oc2ccncc2)cc1)Nc1ccc(Cl)c(OCCN2CCOCC2)c1C(F)(F)F. The number of aromatic nitrogens is 1. The van der Waals surface area contributed by atoms with E-state index in [4.69, 9.17) is 25.8 Å². The molecule has 4 rings (SSSR count). The van der Waals surface area contributed by atoms with Gasteiger partial charge in [-0.25, -0.2) is 4.79 Å². The van der Waals surface area contributed by atoms with E-state index in [-0.39, 0.29) is 11.6 Å². The predicted molar refractivity (Wildman–Crippen MR) is 133 cm³/mol. The van der Waals surface area contributed by atoms with E-state index in [2.05, 4.69) is 15.6 Å². The van der Waals surface area contributed by atoms with Crippen LogP contribution in [-0.2, 0) is 10.9 Å². The number of pyridine rings is 1. The first-order valence-electron chi connectivity index (χ1n) is 11.4. The second-order valence-corrected chi connectivity index (χ2v) is 8.39. The number of carbonyl (C=O) groups is 1. The van der Waals surface area contributed by atoms with Gasteiger partial charge in [-0.1, -0.05) is 11.6 Å². The van der Waals surface area contributed by atoms with Gasteiger partial charge in [0.25, 0.3) is 0 Å². The minimum Gasteiger partial charge on any atom is -0.490 e. The molecular formula is C25H24ClF3N4O4. The highest BCUT2D eigenvalue weighted by atomic mass is 35.5. The van der Waals surface area contributed by atoms with Crippen LogP contribution in [0.15, 0.2) is 60.9 Å². The third kappa shape index (κ3) is 7.48. The molecule has 2 amide bonds. The van der Waals surface area contributed by atoms with Crippen molar-refractivity contribution in [3.8, 4) is 17.2 Å². The number of hydrogen-bond acceptors (Lipinski definition) is 6. The molecule has 1 aliphatic rings. The monoisotopic (exact) mass is 536 g/mol. The Labute approximate surface area is 216 Å². The number of anilines is 2. The maximum Gasteiger partial charge on any atom is 0.422 e. The molecule has 0 radical (unpaired) electrons. The van der Waals surface area contributed by atoms with Crippen molar-refractivity contribution in [2.45, 2.75) is 6.18 Å². The van der Waals surface area contributed by atoms with Gasteiger partial charge < -0.3 is 24.8 Å². The Balaban J connectivity index is 1.42. The number of hydrogen-bond donors (Lipinski definition) is 2. The standard InChI is InChI=1S/C25H24ClF3N4O4/c26-20-5-6-21(22(25(27,28)29)23(20)36-16-13-33-11-14-35-15-12-33)32-24(34)31-17-1-3-18(4-2-17)37-19-7-9-30-10-8-19/h1-10H,11-16H2,(H2,31,32,34). The molecule has 2 aromatic carbocycles. The predicted octanol–water partition coefficient (Wildman–Crippen LogP) is 5.90. The summed E-state index contributed by atoms with van der Waals surface area (Å²) < 4.78 is 58.4. The highest BCUT2D eigenvalue weighted by Gasteiger charge is 2.39. The van der Waals surface area contributed by atoms with E-state index < -0.39 is 29.2 Å². The van der Waals surface area contributed by atoms with E-state index in [1.165, 1.54) is 6.07 Å². The minimum absolute atomic E-state index is 0.00758. The molecule has 196 valence electrons.